The van der Waals surface area contributed by atoms with Crippen molar-refractivity contribution in [2.75, 3.05) is 17.6 Å². The van der Waals surface area contributed by atoms with Crippen LogP contribution in [0.15, 0.2) is 47.1 Å². The topological polar surface area (TPSA) is 37.2 Å². The highest BCUT2D eigenvalue weighted by molar-refractivity contribution is 7.98. The van der Waals surface area contributed by atoms with Gasteiger partial charge in [0.05, 0.1) is 12.0 Å². The van der Waals surface area contributed by atoms with Crippen LogP contribution in [0, 0.1) is 5.82 Å². The SMILES string of the molecule is Fc1cccc(NC(=S)NCCCSCc2ccco2)c1. The predicted molar refractivity (Wildman–Crippen MR) is 90.1 cm³/mol. The zero-order valence-electron chi connectivity index (χ0n) is 11.5. The van der Waals surface area contributed by atoms with E-state index in [1.807, 2.05) is 23.9 Å². The minimum Gasteiger partial charge on any atom is -0.468 e. The van der Waals surface area contributed by atoms with Gasteiger partial charge >= 0.3 is 0 Å². The highest BCUT2D eigenvalue weighted by atomic mass is 32.2. The summed E-state index contributed by atoms with van der Waals surface area (Å²) in [7, 11) is 0. The fourth-order valence-electron chi connectivity index (χ4n) is 1.69. The lowest BCUT2D eigenvalue weighted by Crippen LogP contribution is -2.29. The number of furan rings is 1. The summed E-state index contributed by atoms with van der Waals surface area (Å²) in [6, 6.07) is 10.1. The molecule has 0 aliphatic heterocycles. The molecule has 6 heteroatoms. The van der Waals surface area contributed by atoms with Gasteiger partial charge in [-0.2, -0.15) is 11.8 Å². The fraction of sp³-hybridized carbons (Fsp3) is 0.267. The molecule has 21 heavy (non-hydrogen) atoms. The Morgan fingerprint density at radius 3 is 2.95 bits per heavy atom. The third-order valence-electron chi connectivity index (χ3n) is 2.66. The van der Waals surface area contributed by atoms with Crippen LogP contribution < -0.4 is 10.6 Å². The molecule has 1 aromatic carbocycles. The summed E-state index contributed by atoms with van der Waals surface area (Å²) >= 11 is 6.98. The van der Waals surface area contributed by atoms with Crippen LogP contribution in [0.2, 0.25) is 0 Å². The van der Waals surface area contributed by atoms with Crippen molar-refractivity contribution in [3.63, 3.8) is 0 Å². The van der Waals surface area contributed by atoms with Crippen LogP contribution in [0.25, 0.3) is 0 Å². The number of halogens is 1. The lowest BCUT2D eigenvalue weighted by molar-refractivity contribution is 0.530. The second-order valence-electron chi connectivity index (χ2n) is 4.38. The molecule has 0 spiro atoms. The van der Waals surface area contributed by atoms with Gasteiger partial charge in [0.2, 0.25) is 0 Å². The van der Waals surface area contributed by atoms with Crippen LogP contribution in [0.1, 0.15) is 12.2 Å². The molecule has 0 saturated heterocycles. The molecule has 2 rings (SSSR count). The number of anilines is 1. The van der Waals surface area contributed by atoms with Crippen molar-refractivity contribution in [2.45, 2.75) is 12.2 Å². The minimum atomic E-state index is -0.280. The highest BCUT2D eigenvalue weighted by Crippen LogP contribution is 2.13. The second-order valence-corrected chi connectivity index (χ2v) is 5.89. The van der Waals surface area contributed by atoms with E-state index >= 15 is 0 Å². The van der Waals surface area contributed by atoms with Gasteiger partial charge in [-0.05, 0) is 54.7 Å². The molecule has 1 heterocycles. The van der Waals surface area contributed by atoms with Crippen molar-refractivity contribution in [1.29, 1.82) is 0 Å². The van der Waals surface area contributed by atoms with E-state index in [0.29, 0.717) is 10.8 Å². The molecule has 0 unspecified atom stereocenters. The molecular weight excluding hydrogens is 307 g/mol. The maximum Gasteiger partial charge on any atom is 0.170 e. The first-order valence-electron chi connectivity index (χ1n) is 6.64. The zero-order chi connectivity index (χ0) is 14.9. The summed E-state index contributed by atoms with van der Waals surface area (Å²) in [5.41, 5.74) is 0.652. The Kier molecular flexibility index (Phi) is 6.56. The van der Waals surface area contributed by atoms with Crippen LogP contribution in [0.5, 0.6) is 0 Å². The van der Waals surface area contributed by atoms with E-state index in [9.17, 15) is 4.39 Å². The first kappa shape index (κ1) is 15.9. The quantitative estimate of drug-likeness (QED) is 0.594. The Morgan fingerprint density at radius 2 is 2.19 bits per heavy atom. The summed E-state index contributed by atoms with van der Waals surface area (Å²) < 4.78 is 18.3. The molecule has 2 aromatic rings. The molecular formula is C15H17FN2OS2. The van der Waals surface area contributed by atoms with E-state index in [2.05, 4.69) is 10.6 Å². The van der Waals surface area contributed by atoms with Gasteiger partial charge in [0, 0.05) is 12.2 Å². The fourth-order valence-corrected chi connectivity index (χ4v) is 2.76. The number of hydrogen-bond donors (Lipinski definition) is 2. The average Bonchev–Trinajstić information content (AvgIpc) is 2.96. The summed E-state index contributed by atoms with van der Waals surface area (Å²) in [5, 5.41) is 6.57. The summed E-state index contributed by atoms with van der Waals surface area (Å²) in [6.45, 7) is 0.784. The smallest absolute Gasteiger partial charge is 0.170 e. The van der Waals surface area contributed by atoms with Crippen molar-refractivity contribution < 1.29 is 8.81 Å². The summed E-state index contributed by atoms with van der Waals surface area (Å²) in [4.78, 5) is 0. The van der Waals surface area contributed by atoms with Gasteiger partial charge in [-0.15, -0.1) is 0 Å². The maximum absolute atomic E-state index is 13.0. The Balaban J connectivity index is 1.55. The number of nitrogens with one attached hydrogen (secondary N) is 2. The first-order valence-corrected chi connectivity index (χ1v) is 8.21. The minimum absolute atomic E-state index is 0.280. The van der Waals surface area contributed by atoms with Crippen molar-refractivity contribution in [2.24, 2.45) is 0 Å². The number of rotatable bonds is 7. The Morgan fingerprint density at radius 1 is 1.29 bits per heavy atom. The Bertz CT molecular complexity index is 561. The van der Waals surface area contributed by atoms with Gasteiger partial charge in [0.25, 0.3) is 0 Å². The van der Waals surface area contributed by atoms with E-state index in [1.54, 1.807) is 18.4 Å². The Hall–Kier alpha value is -1.53. The molecule has 0 aliphatic carbocycles. The van der Waals surface area contributed by atoms with Gasteiger partial charge in [0.1, 0.15) is 11.6 Å². The lowest BCUT2D eigenvalue weighted by atomic mass is 10.3. The van der Waals surface area contributed by atoms with E-state index < -0.39 is 0 Å². The third kappa shape index (κ3) is 6.18. The highest BCUT2D eigenvalue weighted by Gasteiger charge is 1.99. The van der Waals surface area contributed by atoms with Crippen LogP contribution >= 0.6 is 24.0 Å². The molecule has 0 atom stereocenters. The van der Waals surface area contributed by atoms with Crippen molar-refractivity contribution in [3.05, 3.63) is 54.2 Å². The van der Waals surface area contributed by atoms with Crippen LogP contribution in [-0.2, 0) is 5.75 Å². The molecule has 2 N–H and O–H groups in total. The molecule has 0 bridgehead atoms. The molecule has 0 saturated carbocycles. The van der Waals surface area contributed by atoms with Gasteiger partial charge < -0.3 is 15.1 Å². The van der Waals surface area contributed by atoms with E-state index in [-0.39, 0.29) is 5.82 Å². The monoisotopic (exact) mass is 324 g/mol. The third-order valence-corrected chi connectivity index (χ3v) is 3.97. The van der Waals surface area contributed by atoms with Gasteiger partial charge in [-0.1, -0.05) is 6.07 Å². The predicted octanol–water partition coefficient (Wildman–Crippen LogP) is 4.03. The normalized spacial score (nSPS) is 10.3. The van der Waals surface area contributed by atoms with Crippen molar-refractivity contribution in [3.8, 4) is 0 Å². The second kappa shape index (κ2) is 8.69. The largest absolute Gasteiger partial charge is 0.468 e. The average molecular weight is 324 g/mol. The molecule has 0 fully saturated rings. The maximum atomic E-state index is 13.0. The molecule has 0 amide bonds. The van der Waals surface area contributed by atoms with E-state index in [4.69, 9.17) is 16.6 Å². The van der Waals surface area contributed by atoms with E-state index in [1.165, 1.54) is 12.1 Å². The van der Waals surface area contributed by atoms with Gasteiger partial charge in [0.15, 0.2) is 5.11 Å². The van der Waals surface area contributed by atoms with Crippen molar-refractivity contribution in [1.82, 2.24) is 5.32 Å². The number of hydrogen-bond acceptors (Lipinski definition) is 3. The number of benzene rings is 1. The van der Waals surface area contributed by atoms with E-state index in [0.717, 1.165) is 30.2 Å². The molecule has 3 nitrogen and oxygen atoms in total. The zero-order valence-corrected chi connectivity index (χ0v) is 13.1. The van der Waals surface area contributed by atoms with Gasteiger partial charge in [-0.3, -0.25) is 0 Å². The molecule has 1 aromatic heterocycles. The van der Waals surface area contributed by atoms with Crippen molar-refractivity contribution >= 4 is 34.8 Å². The number of thioether (sulfide) groups is 1. The number of thiocarbonyl (C=S) groups is 1. The molecule has 112 valence electrons. The van der Waals surface area contributed by atoms with Crippen LogP contribution in [-0.4, -0.2) is 17.4 Å². The lowest BCUT2D eigenvalue weighted by Gasteiger charge is -2.10. The van der Waals surface area contributed by atoms with Gasteiger partial charge in [-0.25, -0.2) is 4.39 Å². The first-order chi connectivity index (χ1) is 10.2. The van der Waals surface area contributed by atoms with Crippen LogP contribution in [0.3, 0.4) is 0 Å². The summed E-state index contributed by atoms with van der Waals surface area (Å²) in [5.74, 6) is 2.63. The molecule has 0 radical (unpaired) electrons. The summed E-state index contributed by atoms with van der Waals surface area (Å²) in [6.07, 6.45) is 2.68. The standard InChI is InChI=1S/C15H17FN2OS2/c16-12-4-1-5-13(10-12)18-15(20)17-7-3-9-21-11-14-6-2-8-19-14/h1-2,4-6,8,10H,3,7,9,11H2,(H2,17,18,20). The van der Waals surface area contributed by atoms with Crippen LogP contribution in [0.4, 0.5) is 10.1 Å². The Labute approximate surface area is 133 Å². The molecule has 0 aliphatic rings.